The zero-order chi connectivity index (χ0) is 13.7. The number of hydrogen-bond donors (Lipinski definition) is 1. The average molecular weight is 270 g/mol. The number of benzene rings is 1. The van der Waals surface area contributed by atoms with Crippen molar-refractivity contribution >= 4 is 11.4 Å². The summed E-state index contributed by atoms with van der Waals surface area (Å²) in [7, 11) is 1.96. The molecule has 2 aliphatic rings. The maximum atomic E-state index is 12.7. The van der Waals surface area contributed by atoms with Crippen molar-refractivity contribution in [1.29, 1.82) is 0 Å². The normalized spacial score (nSPS) is 21.4. The fraction of sp³-hybridized carbons (Fsp3) is 0.571. The van der Waals surface area contributed by atoms with Crippen LogP contribution in [0.15, 0.2) is 18.2 Å². The van der Waals surface area contributed by atoms with Crippen LogP contribution in [0.1, 0.15) is 24.8 Å². The largest absolute Gasteiger partial charge is 0.416 e. The summed E-state index contributed by atoms with van der Waals surface area (Å²) in [5, 5.41) is 3.22. The van der Waals surface area contributed by atoms with Crippen molar-refractivity contribution in [3.05, 3.63) is 23.8 Å². The molecule has 2 nitrogen and oxygen atoms in total. The van der Waals surface area contributed by atoms with Crippen LogP contribution in [0.2, 0.25) is 0 Å². The first kappa shape index (κ1) is 12.6. The van der Waals surface area contributed by atoms with E-state index in [9.17, 15) is 13.2 Å². The van der Waals surface area contributed by atoms with Crippen LogP contribution in [0, 0.1) is 5.41 Å². The Morgan fingerprint density at radius 2 is 2.00 bits per heavy atom. The van der Waals surface area contributed by atoms with Crippen molar-refractivity contribution < 1.29 is 13.2 Å². The van der Waals surface area contributed by atoms with Gasteiger partial charge >= 0.3 is 6.18 Å². The number of rotatable bonds is 0. The number of fused-ring (bicyclic) bond motifs is 1. The molecule has 0 unspecified atom stereocenters. The van der Waals surface area contributed by atoms with Gasteiger partial charge in [-0.15, -0.1) is 0 Å². The standard InChI is InChI=1S/C14H17F3N2/c1-19-9-13(5-2-6-13)8-18-11-7-10(14(15,16)17)3-4-12(11)19/h3-4,7,18H,2,5-6,8-9H2,1H3. The minimum Gasteiger partial charge on any atom is -0.383 e. The SMILES string of the molecule is CN1CC2(CCC2)CNc2cc(C(F)(F)F)ccc21. The van der Waals surface area contributed by atoms with Gasteiger partial charge in [0, 0.05) is 25.6 Å². The molecule has 0 aromatic heterocycles. The van der Waals surface area contributed by atoms with Crippen LogP contribution >= 0.6 is 0 Å². The summed E-state index contributed by atoms with van der Waals surface area (Å²) in [6.07, 6.45) is -0.746. The zero-order valence-electron chi connectivity index (χ0n) is 10.8. The molecule has 19 heavy (non-hydrogen) atoms. The maximum Gasteiger partial charge on any atom is 0.416 e. The van der Waals surface area contributed by atoms with E-state index in [4.69, 9.17) is 0 Å². The summed E-state index contributed by atoms with van der Waals surface area (Å²) >= 11 is 0. The Morgan fingerprint density at radius 1 is 1.26 bits per heavy atom. The number of nitrogens with zero attached hydrogens (tertiary/aromatic N) is 1. The monoisotopic (exact) mass is 270 g/mol. The molecule has 1 aromatic carbocycles. The van der Waals surface area contributed by atoms with Gasteiger partial charge in [-0.1, -0.05) is 6.42 Å². The highest BCUT2D eigenvalue weighted by atomic mass is 19.4. The number of anilines is 2. The van der Waals surface area contributed by atoms with Crippen LogP contribution in [-0.4, -0.2) is 20.1 Å². The smallest absolute Gasteiger partial charge is 0.383 e. The fourth-order valence-corrected chi connectivity index (χ4v) is 3.13. The predicted octanol–water partition coefficient (Wildman–Crippen LogP) is 3.74. The third kappa shape index (κ3) is 2.15. The summed E-state index contributed by atoms with van der Waals surface area (Å²) in [5.41, 5.74) is 1.11. The van der Waals surface area contributed by atoms with Crippen molar-refractivity contribution in [3.63, 3.8) is 0 Å². The Kier molecular flexibility index (Phi) is 2.69. The summed E-state index contributed by atoms with van der Waals surface area (Å²) in [6, 6.07) is 3.96. The van der Waals surface area contributed by atoms with E-state index in [-0.39, 0.29) is 5.41 Å². The molecular formula is C14H17F3N2. The van der Waals surface area contributed by atoms with E-state index in [1.165, 1.54) is 12.5 Å². The molecule has 1 saturated carbocycles. The van der Waals surface area contributed by atoms with Crippen molar-refractivity contribution in [2.75, 3.05) is 30.4 Å². The van der Waals surface area contributed by atoms with Gasteiger partial charge in [0.25, 0.3) is 0 Å². The molecule has 0 atom stereocenters. The van der Waals surface area contributed by atoms with Crippen molar-refractivity contribution in [1.82, 2.24) is 0 Å². The molecule has 0 radical (unpaired) electrons. The highest BCUT2D eigenvalue weighted by Crippen LogP contribution is 2.46. The predicted molar refractivity (Wildman–Crippen MR) is 69.5 cm³/mol. The maximum absolute atomic E-state index is 12.7. The first-order chi connectivity index (χ1) is 8.90. The molecular weight excluding hydrogens is 253 g/mol. The number of nitrogens with one attached hydrogen (secondary N) is 1. The van der Waals surface area contributed by atoms with Crippen molar-refractivity contribution in [2.24, 2.45) is 5.41 Å². The molecule has 0 amide bonds. The quantitative estimate of drug-likeness (QED) is 0.772. The van der Waals surface area contributed by atoms with E-state index in [0.29, 0.717) is 5.69 Å². The molecule has 0 bridgehead atoms. The third-order valence-corrected chi connectivity index (χ3v) is 4.38. The van der Waals surface area contributed by atoms with Gasteiger partial charge in [0.05, 0.1) is 16.9 Å². The second-order valence-electron chi connectivity index (χ2n) is 5.79. The van der Waals surface area contributed by atoms with Crippen molar-refractivity contribution in [2.45, 2.75) is 25.4 Å². The second-order valence-corrected chi connectivity index (χ2v) is 5.79. The first-order valence-corrected chi connectivity index (χ1v) is 6.56. The average Bonchev–Trinajstić information content (AvgIpc) is 2.44. The molecule has 1 fully saturated rings. The molecule has 1 N–H and O–H groups in total. The van der Waals surface area contributed by atoms with E-state index < -0.39 is 11.7 Å². The summed E-state index contributed by atoms with van der Waals surface area (Å²) < 4.78 is 38.2. The first-order valence-electron chi connectivity index (χ1n) is 6.56. The second kappa shape index (κ2) is 4.05. The summed E-state index contributed by atoms with van der Waals surface area (Å²) in [4.78, 5) is 2.08. The molecule has 1 spiro atoms. The van der Waals surface area contributed by atoms with Crippen LogP contribution in [0.4, 0.5) is 24.5 Å². The highest BCUT2D eigenvalue weighted by Gasteiger charge is 2.40. The molecule has 1 heterocycles. The topological polar surface area (TPSA) is 15.3 Å². The molecule has 5 heteroatoms. The molecule has 3 rings (SSSR count). The summed E-state index contributed by atoms with van der Waals surface area (Å²) in [6.45, 7) is 1.68. The fourth-order valence-electron chi connectivity index (χ4n) is 3.13. The molecule has 1 aromatic rings. The molecule has 104 valence electrons. The van der Waals surface area contributed by atoms with E-state index in [2.05, 4.69) is 10.2 Å². The lowest BCUT2D eigenvalue weighted by atomic mass is 9.68. The van der Waals surface area contributed by atoms with Gasteiger partial charge in [-0.3, -0.25) is 0 Å². The van der Waals surface area contributed by atoms with Gasteiger partial charge in [0.2, 0.25) is 0 Å². The Morgan fingerprint density at radius 3 is 2.58 bits per heavy atom. The third-order valence-electron chi connectivity index (χ3n) is 4.38. The number of hydrogen-bond acceptors (Lipinski definition) is 2. The van der Waals surface area contributed by atoms with Gasteiger partial charge in [0.15, 0.2) is 0 Å². The lowest BCUT2D eigenvalue weighted by Crippen LogP contribution is -2.43. The molecule has 0 saturated heterocycles. The Balaban J connectivity index is 1.94. The minimum absolute atomic E-state index is 0.242. The van der Waals surface area contributed by atoms with E-state index in [1.54, 1.807) is 6.07 Å². The highest BCUT2D eigenvalue weighted by molar-refractivity contribution is 5.72. The lowest BCUT2D eigenvalue weighted by molar-refractivity contribution is -0.137. The van der Waals surface area contributed by atoms with Gasteiger partial charge in [-0.2, -0.15) is 13.2 Å². The zero-order valence-corrected chi connectivity index (χ0v) is 10.8. The van der Waals surface area contributed by atoms with E-state index in [1.807, 2.05) is 7.05 Å². The van der Waals surface area contributed by atoms with Crippen LogP contribution < -0.4 is 10.2 Å². The van der Waals surface area contributed by atoms with Crippen LogP contribution in [0.5, 0.6) is 0 Å². The van der Waals surface area contributed by atoms with Gasteiger partial charge < -0.3 is 10.2 Å². The van der Waals surface area contributed by atoms with Gasteiger partial charge in [-0.25, -0.2) is 0 Å². The summed E-state index contributed by atoms with van der Waals surface area (Å²) in [5.74, 6) is 0. The van der Waals surface area contributed by atoms with E-state index in [0.717, 1.165) is 37.7 Å². The Labute approximate surface area is 110 Å². The van der Waals surface area contributed by atoms with E-state index >= 15 is 0 Å². The Bertz CT molecular complexity index is 492. The van der Waals surface area contributed by atoms with Crippen LogP contribution in [0.25, 0.3) is 0 Å². The molecule has 1 aliphatic heterocycles. The molecule has 1 aliphatic carbocycles. The Hall–Kier alpha value is -1.39. The number of halogens is 3. The van der Waals surface area contributed by atoms with Crippen LogP contribution in [-0.2, 0) is 6.18 Å². The van der Waals surface area contributed by atoms with Gasteiger partial charge in [0.1, 0.15) is 0 Å². The van der Waals surface area contributed by atoms with Gasteiger partial charge in [-0.05, 0) is 31.0 Å². The lowest BCUT2D eigenvalue weighted by Gasteiger charge is -2.43. The minimum atomic E-state index is -4.28. The van der Waals surface area contributed by atoms with Crippen molar-refractivity contribution in [3.8, 4) is 0 Å². The van der Waals surface area contributed by atoms with Crippen LogP contribution in [0.3, 0.4) is 0 Å². The number of alkyl halides is 3.